The molecule has 4 aliphatic rings. The number of carbonyl (C=O) groups is 2. The molecule has 6 heteroatoms. The van der Waals surface area contributed by atoms with E-state index in [2.05, 4.69) is 0 Å². The lowest BCUT2D eigenvalue weighted by atomic mass is 9.62. The van der Waals surface area contributed by atoms with Gasteiger partial charge in [0, 0.05) is 11.6 Å². The average Bonchev–Trinajstić information content (AvgIpc) is 3.36. The summed E-state index contributed by atoms with van der Waals surface area (Å²) < 4.78 is 6.55. The maximum atomic E-state index is 13.9. The summed E-state index contributed by atoms with van der Waals surface area (Å²) in [4.78, 5) is 28.8. The molecule has 2 aromatic rings. The van der Waals surface area contributed by atoms with Crippen LogP contribution in [0.4, 0.5) is 0 Å². The largest absolute Gasteiger partial charge is 0.508 e. The van der Waals surface area contributed by atoms with Gasteiger partial charge in [-0.1, -0.05) is 37.3 Å². The number of aliphatic hydroxyl groups excluding tert-OH is 1. The zero-order valence-corrected chi connectivity index (χ0v) is 18.5. The number of likely N-dealkylation sites (tertiary alicyclic amines) is 1. The number of phenols is 1. The van der Waals surface area contributed by atoms with Gasteiger partial charge in [0.15, 0.2) is 0 Å². The number of ether oxygens (including phenoxy) is 1. The lowest BCUT2D eigenvalue weighted by molar-refractivity contribution is -0.141. The molecule has 1 saturated heterocycles. The summed E-state index contributed by atoms with van der Waals surface area (Å²) in [6.45, 7) is 2.09. The molecule has 2 aliphatic carbocycles. The third kappa shape index (κ3) is 2.83. The predicted molar refractivity (Wildman–Crippen MR) is 121 cm³/mol. The van der Waals surface area contributed by atoms with Gasteiger partial charge in [-0.25, -0.2) is 0 Å². The number of nitrogens with zero attached hydrogens (tertiary/aromatic N) is 1. The average molecular weight is 446 g/mol. The summed E-state index contributed by atoms with van der Waals surface area (Å²) in [5.74, 6) is -1.41. The van der Waals surface area contributed by atoms with E-state index in [4.69, 9.17) is 4.74 Å². The number of fused-ring (bicyclic) bond motifs is 5. The van der Waals surface area contributed by atoms with E-state index in [1.165, 1.54) is 4.90 Å². The fraction of sp³-hybridized carbons (Fsp3) is 0.407. The van der Waals surface area contributed by atoms with E-state index in [-0.39, 0.29) is 24.1 Å². The lowest BCUT2D eigenvalue weighted by Gasteiger charge is -2.47. The highest BCUT2D eigenvalue weighted by Gasteiger charge is 2.62. The molecule has 6 nitrogen and oxygen atoms in total. The highest BCUT2D eigenvalue weighted by Crippen LogP contribution is 2.59. The van der Waals surface area contributed by atoms with Crippen LogP contribution >= 0.6 is 0 Å². The Morgan fingerprint density at radius 3 is 2.52 bits per heavy atom. The second-order valence-corrected chi connectivity index (χ2v) is 9.87. The second-order valence-electron chi connectivity index (χ2n) is 9.87. The van der Waals surface area contributed by atoms with Gasteiger partial charge in [0.25, 0.3) is 0 Å². The van der Waals surface area contributed by atoms with Crippen LogP contribution in [0.3, 0.4) is 0 Å². The zero-order valence-electron chi connectivity index (χ0n) is 18.5. The standard InChI is InChI=1S/C27H27NO5/c1-15-20-22(26(32)28(25(20)31)14-16-7-3-2-4-8-16)23-21(24(15)30)18-10-9-17(29)13-19(18)33-27(23)11-5-6-12-27/h2-4,7-10,13,15,20,22,24,29-30H,5-6,11-12,14H2,1H3/t15-,20?,22?,24+/m1/s1. The van der Waals surface area contributed by atoms with Crippen molar-refractivity contribution in [2.45, 2.75) is 50.9 Å². The maximum absolute atomic E-state index is 13.9. The Morgan fingerprint density at radius 1 is 1.06 bits per heavy atom. The van der Waals surface area contributed by atoms with Crippen molar-refractivity contribution in [3.05, 3.63) is 65.2 Å². The van der Waals surface area contributed by atoms with Crippen molar-refractivity contribution >= 4 is 17.4 Å². The van der Waals surface area contributed by atoms with E-state index >= 15 is 0 Å². The number of amides is 2. The van der Waals surface area contributed by atoms with Gasteiger partial charge >= 0.3 is 0 Å². The topological polar surface area (TPSA) is 87.1 Å². The third-order valence-corrected chi connectivity index (χ3v) is 8.05. The molecular formula is C27H27NO5. The smallest absolute Gasteiger partial charge is 0.237 e. The van der Waals surface area contributed by atoms with Gasteiger partial charge in [0.05, 0.1) is 24.5 Å². The molecule has 2 fully saturated rings. The summed E-state index contributed by atoms with van der Waals surface area (Å²) >= 11 is 0. The van der Waals surface area contributed by atoms with Crippen LogP contribution in [-0.2, 0) is 16.1 Å². The first-order chi connectivity index (χ1) is 15.9. The Labute approximate surface area is 192 Å². The summed E-state index contributed by atoms with van der Waals surface area (Å²) in [7, 11) is 0. The SMILES string of the molecule is C[C@@H]1C2C(=O)N(Cc3ccccc3)C(=O)C2C2=C(c3ccc(O)cc3OC23CCCC3)[C@H]1O. The van der Waals surface area contributed by atoms with Crippen molar-refractivity contribution in [3.63, 3.8) is 0 Å². The van der Waals surface area contributed by atoms with E-state index in [0.29, 0.717) is 11.3 Å². The monoisotopic (exact) mass is 445 g/mol. The van der Waals surface area contributed by atoms with E-state index in [1.54, 1.807) is 18.2 Å². The van der Waals surface area contributed by atoms with E-state index < -0.39 is 29.5 Å². The van der Waals surface area contributed by atoms with Crippen molar-refractivity contribution in [2.24, 2.45) is 17.8 Å². The minimum atomic E-state index is -0.889. The summed E-state index contributed by atoms with van der Waals surface area (Å²) in [6.07, 6.45) is 2.46. The number of aliphatic hydroxyl groups is 1. The van der Waals surface area contributed by atoms with Crippen molar-refractivity contribution in [1.82, 2.24) is 4.90 Å². The number of benzene rings is 2. The Balaban J connectivity index is 1.53. The molecule has 0 radical (unpaired) electrons. The molecule has 2 heterocycles. The van der Waals surface area contributed by atoms with Crippen LogP contribution in [-0.4, -0.2) is 38.6 Å². The van der Waals surface area contributed by atoms with Crippen molar-refractivity contribution in [3.8, 4) is 11.5 Å². The number of hydrogen-bond donors (Lipinski definition) is 2. The highest BCUT2D eigenvalue weighted by atomic mass is 16.5. The molecular weight excluding hydrogens is 418 g/mol. The van der Waals surface area contributed by atoms with Gasteiger partial charge in [-0.05, 0) is 60.4 Å². The first-order valence-corrected chi connectivity index (χ1v) is 11.8. The molecule has 2 N–H and O–H groups in total. The molecule has 2 unspecified atom stereocenters. The lowest BCUT2D eigenvalue weighted by Crippen LogP contribution is -2.50. The first-order valence-electron chi connectivity index (χ1n) is 11.8. The molecule has 0 aromatic heterocycles. The quantitative estimate of drug-likeness (QED) is 0.689. The fourth-order valence-corrected chi connectivity index (χ4v) is 6.53. The fourth-order valence-electron chi connectivity index (χ4n) is 6.53. The molecule has 2 aromatic carbocycles. The summed E-state index contributed by atoms with van der Waals surface area (Å²) in [5.41, 5.74) is 2.40. The Hall–Kier alpha value is -3.12. The maximum Gasteiger partial charge on any atom is 0.237 e. The minimum Gasteiger partial charge on any atom is -0.508 e. The molecule has 2 aliphatic heterocycles. The van der Waals surface area contributed by atoms with Crippen LogP contribution in [0.1, 0.15) is 43.7 Å². The Morgan fingerprint density at radius 2 is 1.79 bits per heavy atom. The summed E-state index contributed by atoms with van der Waals surface area (Å²) in [5, 5.41) is 21.6. The first kappa shape index (κ1) is 20.5. The van der Waals surface area contributed by atoms with E-state index in [0.717, 1.165) is 42.4 Å². The normalized spacial score (nSPS) is 29.7. The number of aromatic hydroxyl groups is 1. The molecule has 2 amide bonds. The van der Waals surface area contributed by atoms with Crippen LogP contribution < -0.4 is 4.74 Å². The van der Waals surface area contributed by atoms with Crippen LogP contribution in [0.15, 0.2) is 54.1 Å². The molecule has 4 atom stereocenters. The number of imide groups is 1. The van der Waals surface area contributed by atoms with Crippen molar-refractivity contribution < 1.29 is 24.5 Å². The van der Waals surface area contributed by atoms with Crippen LogP contribution in [0.5, 0.6) is 11.5 Å². The van der Waals surface area contributed by atoms with Gasteiger partial charge in [-0.3, -0.25) is 14.5 Å². The molecule has 170 valence electrons. The zero-order chi connectivity index (χ0) is 22.9. The van der Waals surface area contributed by atoms with E-state index in [1.807, 2.05) is 37.3 Å². The minimum absolute atomic E-state index is 0.100. The number of phenolic OH excluding ortho intramolecular Hbond substituents is 1. The number of rotatable bonds is 2. The molecule has 1 spiro atoms. The van der Waals surface area contributed by atoms with Crippen molar-refractivity contribution in [1.29, 1.82) is 0 Å². The number of carbonyl (C=O) groups excluding carboxylic acids is 2. The predicted octanol–water partition coefficient (Wildman–Crippen LogP) is 3.66. The van der Waals surface area contributed by atoms with Gasteiger partial charge in [-0.15, -0.1) is 0 Å². The number of hydrogen-bond acceptors (Lipinski definition) is 5. The second kappa shape index (κ2) is 7.19. The van der Waals surface area contributed by atoms with Crippen LogP contribution in [0.25, 0.3) is 5.57 Å². The van der Waals surface area contributed by atoms with Crippen LogP contribution in [0, 0.1) is 17.8 Å². The molecule has 6 rings (SSSR count). The third-order valence-electron chi connectivity index (χ3n) is 8.05. The molecule has 1 saturated carbocycles. The van der Waals surface area contributed by atoms with Crippen molar-refractivity contribution in [2.75, 3.05) is 0 Å². The van der Waals surface area contributed by atoms with Gasteiger partial charge in [-0.2, -0.15) is 0 Å². The van der Waals surface area contributed by atoms with Gasteiger partial charge in [0.1, 0.15) is 17.1 Å². The highest BCUT2D eigenvalue weighted by molar-refractivity contribution is 6.09. The van der Waals surface area contributed by atoms with Gasteiger partial charge < -0.3 is 14.9 Å². The molecule has 0 bridgehead atoms. The Bertz CT molecular complexity index is 1180. The van der Waals surface area contributed by atoms with Gasteiger partial charge in [0.2, 0.25) is 11.8 Å². The van der Waals surface area contributed by atoms with E-state index in [9.17, 15) is 19.8 Å². The van der Waals surface area contributed by atoms with Crippen LogP contribution in [0.2, 0.25) is 0 Å². The molecule has 33 heavy (non-hydrogen) atoms. The summed E-state index contributed by atoms with van der Waals surface area (Å²) in [6, 6.07) is 14.4. The Kier molecular flexibility index (Phi) is 4.46.